The Kier molecular flexibility index (Phi) is 9.45. The minimum absolute atomic E-state index is 0.152. The third kappa shape index (κ3) is 7.78. The van der Waals surface area contributed by atoms with Gasteiger partial charge in [-0.3, -0.25) is 4.79 Å². The van der Waals surface area contributed by atoms with Crippen LogP contribution in [0.5, 0.6) is 0 Å². The Hall–Kier alpha value is -1.56. The summed E-state index contributed by atoms with van der Waals surface area (Å²) in [7, 11) is 0. The predicted octanol–water partition coefficient (Wildman–Crippen LogP) is 2.04. The molecule has 0 aromatic rings. The van der Waals surface area contributed by atoms with Crippen molar-refractivity contribution in [3.05, 3.63) is 12.7 Å². The Balaban J connectivity index is 3.99. The lowest BCUT2D eigenvalue weighted by Crippen LogP contribution is -2.48. The van der Waals surface area contributed by atoms with Gasteiger partial charge in [-0.1, -0.05) is 38.8 Å². The molecule has 0 aliphatic heterocycles. The number of aliphatic carboxylic acids is 1. The molecule has 20 heavy (non-hydrogen) atoms. The van der Waals surface area contributed by atoms with E-state index in [4.69, 9.17) is 10.5 Å². The molecule has 1 amide bonds. The number of nitrogens with one attached hydrogen (secondary N) is 1. The molecule has 0 radical (unpaired) electrons. The number of carboxylic acids is 1. The van der Waals surface area contributed by atoms with Crippen LogP contribution in [0.1, 0.15) is 45.4 Å². The fraction of sp³-hybridized carbons (Fsp3) is 0.714. The summed E-state index contributed by atoms with van der Waals surface area (Å²) in [5.74, 6) is -0.983. The number of unbranched alkanes of at least 4 members (excludes halogenated alkanes) is 2. The van der Waals surface area contributed by atoms with Crippen molar-refractivity contribution in [2.24, 2.45) is 5.73 Å². The van der Waals surface area contributed by atoms with Gasteiger partial charge in [0.25, 0.3) is 0 Å². The van der Waals surface area contributed by atoms with Crippen molar-refractivity contribution in [2.45, 2.75) is 51.0 Å². The lowest BCUT2D eigenvalue weighted by atomic mass is 9.88. The lowest BCUT2D eigenvalue weighted by molar-refractivity contribution is -0.144. The highest BCUT2D eigenvalue weighted by molar-refractivity contribution is 5.78. The Morgan fingerprint density at radius 2 is 2.00 bits per heavy atom. The topological polar surface area (TPSA) is 102 Å². The number of ether oxygens (including phenoxy) is 1. The van der Waals surface area contributed by atoms with Crippen LogP contribution in [0.2, 0.25) is 0 Å². The summed E-state index contributed by atoms with van der Waals surface area (Å²) in [6, 6.07) is 0. The second kappa shape index (κ2) is 10.3. The van der Waals surface area contributed by atoms with Crippen molar-refractivity contribution in [1.82, 2.24) is 5.32 Å². The summed E-state index contributed by atoms with van der Waals surface area (Å²) >= 11 is 0. The van der Waals surface area contributed by atoms with Crippen LogP contribution in [0.25, 0.3) is 0 Å². The maximum absolute atomic E-state index is 11.2. The van der Waals surface area contributed by atoms with Gasteiger partial charge in [-0.05, 0) is 19.3 Å². The number of rotatable bonds is 11. The van der Waals surface area contributed by atoms with Gasteiger partial charge in [0, 0.05) is 6.54 Å². The lowest BCUT2D eigenvalue weighted by Gasteiger charge is -2.24. The molecular weight excluding hydrogens is 260 g/mol. The zero-order valence-electron chi connectivity index (χ0n) is 12.2. The van der Waals surface area contributed by atoms with E-state index in [9.17, 15) is 14.7 Å². The normalized spacial score (nSPS) is 13.3. The molecule has 1 unspecified atom stereocenters. The molecule has 6 nitrogen and oxygen atoms in total. The standard InChI is InChI=1S/C14H26N2O4/c1-3-5-6-8-14(15,12(17)18)9-7-10-16-13(19)20-11-4-2/h4H,2-3,5-11,15H2,1H3,(H,16,19)(H,17,18). The second-order valence-electron chi connectivity index (χ2n) is 4.84. The number of hydrogen-bond donors (Lipinski definition) is 3. The molecule has 0 spiro atoms. The van der Waals surface area contributed by atoms with Crippen LogP contribution in [-0.2, 0) is 9.53 Å². The van der Waals surface area contributed by atoms with E-state index in [1.165, 1.54) is 6.08 Å². The van der Waals surface area contributed by atoms with Crippen molar-refractivity contribution < 1.29 is 19.4 Å². The Morgan fingerprint density at radius 1 is 1.35 bits per heavy atom. The van der Waals surface area contributed by atoms with Crippen LogP contribution in [0, 0.1) is 0 Å². The number of carbonyl (C=O) groups excluding carboxylic acids is 1. The Morgan fingerprint density at radius 3 is 2.55 bits per heavy atom. The highest BCUT2D eigenvalue weighted by atomic mass is 16.5. The number of carboxylic acid groups (broad SMARTS) is 1. The van der Waals surface area contributed by atoms with Crippen LogP contribution in [0.3, 0.4) is 0 Å². The first-order chi connectivity index (χ1) is 9.46. The second-order valence-corrected chi connectivity index (χ2v) is 4.84. The van der Waals surface area contributed by atoms with Crippen LogP contribution in [0.15, 0.2) is 12.7 Å². The molecule has 6 heteroatoms. The smallest absolute Gasteiger partial charge is 0.407 e. The summed E-state index contributed by atoms with van der Waals surface area (Å²) in [5.41, 5.74) is 4.72. The van der Waals surface area contributed by atoms with Crippen molar-refractivity contribution in [1.29, 1.82) is 0 Å². The summed E-state index contributed by atoms with van der Waals surface area (Å²) < 4.78 is 4.73. The molecule has 0 aliphatic carbocycles. The predicted molar refractivity (Wildman–Crippen MR) is 77.5 cm³/mol. The molecule has 116 valence electrons. The molecule has 0 heterocycles. The zero-order chi connectivity index (χ0) is 15.4. The zero-order valence-corrected chi connectivity index (χ0v) is 12.2. The molecule has 0 aliphatic rings. The first-order valence-electron chi connectivity index (χ1n) is 7.00. The number of hydrogen-bond acceptors (Lipinski definition) is 4. The van der Waals surface area contributed by atoms with Crippen LogP contribution >= 0.6 is 0 Å². The van der Waals surface area contributed by atoms with Gasteiger partial charge in [0.05, 0.1) is 0 Å². The monoisotopic (exact) mass is 286 g/mol. The van der Waals surface area contributed by atoms with Gasteiger partial charge in [0.2, 0.25) is 0 Å². The summed E-state index contributed by atoms with van der Waals surface area (Å²) in [6.45, 7) is 5.98. The maximum atomic E-state index is 11.2. The minimum Gasteiger partial charge on any atom is -0.480 e. The first kappa shape index (κ1) is 18.4. The van der Waals surface area contributed by atoms with E-state index in [-0.39, 0.29) is 6.61 Å². The van der Waals surface area contributed by atoms with Gasteiger partial charge >= 0.3 is 12.1 Å². The van der Waals surface area contributed by atoms with Crippen molar-refractivity contribution >= 4 is 12.1 Å². The number of amides is 1. The Labute approximate surface area is 120 Å². The SMILES string of the molecule is C=CCOC(=O)NCCCC(N)(CCCCC)C(=O)O. The van der Waals surface area contributed by atoms with Crippen molar-refractivity contribution in [3.63, 3.8) is 0 Å². The van der Waals surface area contributed by atoms with Gasteiger partial charge in [0.15, 0.2) is 0 Å². The van der Waals surface area contributed by atoms with Crippen molar-refractivity contribution in [3.8, 4) is 0 Å². The number of alkyl carbamates (subject to hydrolysis) is 1. The highest BCUT2D eigenvalue weighted by Crippen LogP contribution is 2.18. The van der Waals surface area contributed by atoms with E-state index in [0.29, 0.717) is 25.8 Å². The Bertz CT molecular complexity index is 320. The fourth-order valence-electron chi connectivity index (χ4n) is 1.81. The van der Waals surface area contributed by atoms with E-state index in [1.54, 1.807) is 0 Å². The molecule has 0 saturated heterocycles. The molecule has 0 bridgehead atoms. The minimum atomic E-state index is -1.21. The molecule has 0 saturated carbocycles. The quantitative estimate of drug-likeness (QED) is 0.398. The van der Waals surface area contributed by atoms with Crippen LogP contribution < -0.4 is 11.1 Å². The average molecular weight is 286 g/mol. The van der Waals surface area contributed by atoms with Gasteiger partial charge in [-0.25, -0.2) is 4.79 Å². The van der Waals surface area contributed by atoms with Gasteiger partial charge in [-0.15, -0.1) is 0 Å². The molecule has 0 aromatic carbocycles. The summed E-state index contributed by atoms with van der Waals surface area (Å²) in [4.78, 5) is 22.4. The number of carbonyl (C=O) groups is 2. The maximum Gasteiger partial charge on any atom is 0.407 e. The summed E-state index contributed by atoms with van der Waals surface area (Å²) in [6.07, 6.45) is 5.01. The van der Waals surface area contributed by atoms with E-state index < -0.39 is 17.6 Å². The van der Waals surface area contributed by atoms with Crippen LogP contribution in [-0.4, -0.2) is 35.9 Å². The molecule has 0 rings (SSSR count). The molecule has 1 atom stereocenters. The van der Waals surface area contributed by atoms with Crippen LogP contribution in [0.4, 0.5) is 4.79 Å². The number of nitrogens with two attached hydrogens (primary N) is 1. The third-order valence-electron chi connectivity index (χ3n) is 3.05. The molecular formula is C14H26N2O4. The first-order valence-corrected chi connectivity index (χ1v) is 7.00. The van der Waals surface area contributed by atoms with E-state index in [1.807, 2.05) is 0 Å². The highest BCUT2D eigenvalue weighted by Gasteiger charge is 2.32. The van der Waals surface area contributed by atoms with E-state index in [0.717, 1.165) is 19.3 Å². The van der Waals surface area contributed by atoms with E-state index in [2.05, 4.69) is 18.8 Å². The van der Waals surface area contributed by atoms with Gasteiger partial charge in [-0.2, -0.15) is 0 Å². The third-order valence-corrected chi connectivity index (χ3v) is 3.05. The molecule has 0 aromatic heterocycles. The van der Waals surface area contributed by atoms with Gasteiger partial charge < -0.3 is 20.9 Å². The van der Waals surface area contributed by atoms with E-state index >= 15 is 0 Å². The molecule has 4 N–H and O–H groups in total. The fourth-order valence-corrected chi connectivity index (χ4v) is 1.81. The van der Waals surface area contributed by atoms with Crippen molar-refractivity contribution in [2.75, 3.05) is 13.2 Å². The largest absolute Gasteiger partial charge is 0.480 e. The summed E-state index contributed by atoms with van der Waals surface area (Å²) in [5, 5.41) is 11.7. The average Bonchev–Trinajstić information content (AvgIpc) is 2.41. The molecule has 0 fully saturated rings. The van der Waals surface area contributed by atoms with Gasteiger partial charge in [0.1, 0.15) is 12.1 Å².